The zero-order chi connectivity index (χ0) is 22.0. The number of nitrogens with zero attached hydrogens (tertiary/aromatic N) is 3. The fraction of sp³-hybridized carbons (Fsp3) is 0.190. The van der Waals surface area contributed by atoms with Gasteiger partial charge in [0.1, 0.15) is 0 Å². The van der Waals surface area contributed by atoms with Gasteiger partial charge in [0.25, 0.3) is 0 Å². The highest BCUT2D eigenvalue weighted by Gasteiger charge is 2.37. The number of urea groups is 1. The molecule has 0 radical (unpaired) electrons. The number of thiophene rings is 1. The lowest BCUT2D eigenvalue weighted by molar-refractivity contribution is -0.386. The van der Waals surface area contributed by atoms with Crippen LogP contribution in [0.3, 0.4) is 0 Å². The van der Waals surface area contributed by atoms with Crippen LogP contribution in [0.25, 0.3) is 0 Å². The van der Waals surface area contributed by atoms with Gasteiger partial charge in [-0.2, -0.15) is 16.3 Å². The number of nitro benzene ring substituents is 1. The van der Waals surface area contributed by atoms with Crippen LogP contribution in [0.4, 0.5) is 10.5 Å². The summed E-state index contributed by atoms with van der Waals surface area (Å²) in [6.07, 6.45) is 3.30. The van der Waals surface area contributed by atoms with Crippen molar-refractivity contribution in [1.82, 2.24) is 10.3 Å². The third-order valence-corrected chi connectivity index (χ3v) is 5.62. The van der Waals surface area contributed by atoms with E-state index in [1.807, 2.05) is 22.9 Å². The number of nitro groups is 1. The van der Waals surface area contributed by atoms with E-state index in [4.69, 9.17) is 4.74 Å². The summed E-state index contributed by atoms with van der Waals surface area (Å²) in [4.78, 5) is 31.7. The second kappa shape index (κ2) is 8.52. The molecule has 0 spiro atoms. The first-order chi connectivity index (χ1) is 15.0. The van der Waals surface area contributed by atoms with E-state index < -0.39 is 34.4 Å². The number of carbonyl (C=O) groups excluding carboxylic acids is 1. The number of aromatic hydroxyl groups is 1. The van der Waals surface area contributed by atoms with Crippen molar-refractivity contribution in [2.75, 3.05) is 6.61 Å². The Labute approximate surface area is 181 Å². The molecular formula is C21H18N4O5S. The maximum Gasteiger partial charge on any atom is 0.341 e. The summed E-state index contributed by atoms with van der Waals surface area (Å²) >= 11 is 1.49. The molecule has 2 N–H and O–H groups in total. The number of benzene rings is 1. The summed E-state index contributed by atoms with van der Waals surface area (Å²) in [5.74, 6) is -1.03. The Morgan fingerprint density at radius 3 is 2.81 bits per heavy atom. The number of ether oxygens (including phenoxy) is 1. The van der Waals surface area contributed by atoms with Crippen molar-refractivity contribution in [1.29, 1.82) is 0 Å². The predicted octanol–water partition coefficient (Wildman–Crippen LogP) is 4.19. The fourth-order valence-electron chi connectivity index (χ4n) is 3.61. The van der Waals surface area contributed by atoms with Crippen molar-refractivity contribution in [2.24, 2.45) is 4.99 Å². The van der Waals surface area contributed by atoms with E-state index in [1.54, 1.807) is 25.4 Å². The number of amides is 2. The molecule has 9 nitrogen and oxygen atoms in total. The number of hydrogen-bond acceptors (Lipinski definition) is 7. The van der Waals surface area contributed by atoms with E-state index in [1.165, 1.54) is 23.5 Å². The average Bonchev–Trinajstić information content (AvgIpc) is 3.29. The van der Waals surface area contributed by atoms with Crippen LogP contribution in [0.2, 0.25) is 0 Å². The van der Waals surface area contributed by atoms with Crippen molar-refractivity contribution >= 4 is 28.8 Å². The number of carbonyl (C=O) groups is 1. The molecule has 31 heavy (non-hydrogen) atoms. The lowest BCUT2D eigenvalue weighted by Gasteiger charge is -2.32. The second-order valence-electron chi connectivity index (χ2n) is 6.78. The molecule has 0 bridgehead atoms. The zero-order valence-electron chi connectivity index (χ0n) is 16.4. The van der Waals surface area contributed by atoms with E-state index >= 15 is 0 Å². The minimum absolute atomic E-state index is 0.0395. The first-order valence-corrected chi connectivity index (χ1v) is 10.4. The number of hydrogen-bond donors (Lipinski definition) is 2. The van der Waals surface area contributed by atoms with Crippen molar-refractivity contribution < 1.29 is 19.6 Å². The summed E-state index contributed by atoms with van der Waals surface area (Å²) in [5.41, 5.74) is 1.83. The van der Waals surface area contributed by atoms with Crippen molar-refractivity contribution in [3.63, 3.8) is 0 Å². The highest BCUT2D eigenvalue weighted by molar-refractivity contribution is 7.08. The number of nitrogens with one attached hydrogen (secondary N) is 1. The SMILES string of the molecule is CCOc1cc(C2=NC(=O)NC(c3cccnc3)C2c2ccsc2)cc([N+](=O)[O-])c1O. The number of phenolic OH excluding ortho intramolecular Hbond substituents is 1. The van der Waals surface area contributed by atoms with Gasteiger partial charge >= 0.3 is 11.7 Å². The van der Waals surface area contributed by atoms with E-state index in [0.29, 0.717) is 11.3 Å². The molecule has 2 amide bonds. The minimum atomic E-state index is -0.691. The minimum Gasteiger partial charge on any atom is -0.500 e. The van der Waals surface area contributed by atoms with Crippen LogP contribution < -0.4 is 10.1 Å². The topological polar surface area (TPSA) is 127 Å². The monoisotopic (exact) mass is 438 g/mol. The van der Waals surface area contributed by atoms with Crippen LogP contribution >= 0.6 is 11.3 Å². The molecule has 0 fully saturated rings. The molecule has 1 aromatic carbocycles. The molecule has 0 saturated carbocycles. The first kappa shape index (κ1) is 20.5. The van der Waals surface area contributed by atoms with Gasteiger partial charge < -0.3 is 15.2 Å². The Bertz CT molecular complexity index is 1150. The molecule has 3 aromatic rings. The standard InChI is InChI=1S/C21H18N4O5S/c1-2-30-16-9-14(8-15(20(16)26)25(28)29)19-17(13-5-7-31-11-13)18(23-21(27)24-19)12-4-3-6-22-10-12/h3-11,17-18,26H,2H2,1H3,(H,23,27). The molecule has 3 heterocycles. The molecular weight excluding hydrogens is 420 g/mol. The molecule has 2 unspecified atom stereocenters. The summed E-state index contributed by atoms with van der Waals surface area (Å²) < 4.78 is 5.41. The van der Waals surface area contributed by atoms with E-state index in [-0.39, 0.29) is 12.4 Å². The maximum atomic E-state index is 12.5. The summed E-state index contributed by atoms with van der Waals surface area (Å²) in [6, 6.07) is 7.19. The van der Waals surface area contributed by atoms with Gasteiger partial charge in [0.2, 0.25) is 5.75 Å². The Morgan fingerprint density at radius 1 is 1.32 bits per heavy atom. The summed E-state index contributed by atoms with van der Waals surface area (Å²) in [6.45, 7) is 1.91. The smallest absolute Gasteiger partial charge is 0.341 e. The van der Waals surface area contributed by atoms with Crippen LogP contribution in [-0.2, 0) is 0 Å². The highest BCUT2D eigenvalue weighted by atomic mass is 32.1. The molecule has 1 aliphatic heterocycles. The van der Waals surface area contributed by atoms with Gasteiger partial charge in [-0.15, -0.1) is 0 Å². The van der Waals surface area contributed by atoms with Gasteiger partial charge in [0.15, 0.2) is 5.75 Å². The Balaban J connectivity index is 1.91. The van der Waals surface area contributed by atoms with Gasteiger partial charge in [-0.1, -0.05) is 6.07 Å². The maximum absolute atomic E-state index is 12.5. The summed E-state index contributed by atoms with van der Waals surface area (Å²) in [5, 5.41) is 28.5. The molecule has 158 valence electrons. The van der Waals surface area contributed by atoms with E-state index in [2.05, 4.69) is 15.3 Å². The molecule has 0 saturated heterocycles. The van der Waals surface area contributed by atoms with E-state index in [0.717, 1.165) is 11.1 Å². The normalized spacial score (nSPS) is 18.2. The molecule has 10 heteroatoms. The molecule has 2 atom stereocenters. The van der Waals surface area contributed by atoms with Gasteiger partial charge in [-0.25, -0.2) is 4.79 Å². The highest BCUT2D eigenvalue weighted by Crippen LogP contribution is 2.42. The quantitative estimate of drug-likeness (QED) is 0.439. The Morgan fingerprint density at radius 2 is 2.16 bits per heavy atom. The summed E-state index contributed by atoms with van der Waals surface area (Å²) in [7, 11) is 0. The lowest BCUT2D eigenvalue weighted by atomic mass is 9.81. The van der Waals surface area contributed by atoms with Gasteiger partial charge in [0, 0.05) is 24.0 Å². The third-order valence-electron chi connectivity index (χ3n) is 4.92. The lowest BCUT2D eigenvalue weighted by Crippen LogP contribution is -2.39. The van der Waals surface area contributed by atoms with Crippen molar-refractivity contribution in [3.05, 3.63) is 80.3 Å². The van der Waals surface area contributed by atoms with Crippen molar-refractivity contribution in [2.45, 2.75) is 18.9 Å². The number of rotatable bonds is 6. The molecule has 4 rings (SSSR count). The van der Waals surface area contributed by atoms with Gasteiger partial charge in [-0.3, -0.25) is 15.1 Å². The fourth-order valence-corrected chi connectivity index (χ4v) is 4.31. The average molecular weight is 438 g/mol. The number of aliphatic imine (C=N–C) groups is 1. The van der Waals surface area contributed by atoms with Crippen LogP contribution in [0.5, 0.6) is 11.5 Å². The number of phenols is 1. The predicted molar refractivity (Wildman–Crippen MR) is 115 cm³/mol. The molecule has 1 aliphatic rings. The van der Waals surface area contributed by atoms with Gasteiger partial charge in [0.05, 0.1) is 29.2 Å². The van der Waals surface area contributed by atoms with Crippen LogP contribution in [-0.4, -0.2) is 33.4 Å². The zero-order valence-corrected chi connectivity index (χ0v) is 17.2. The van der Waals surface area contributed by atoms with Crippen LogP contribution in [0, 0.1) is 10.1 Å². The van der Waals surface area contributed by atoms with Gasteiger partial charge in [-0.05, 0) is 47.0 Å². The molecule has 2 aromatic heterocycles. The Kier molecular flexibility index (Phi) is 5.63. The van der Waals surface area contributed by atoms with Crippen LogP contribution in [0.15, 0.2) is 58.5 Å². The second-order valence-corrected chi connectivity index (χ2v) is 7.56. The largest absolute Gasteiger partial charge is 0.500 e. The molecule has 0 aliphatic carbocycles. The van der Waals surface area contributed by atoms with Crippen LogP contribution in [0.1, 0.15) is 35.6 Å². The number of aromatic nitrogens is 1. The third kappa shape index (κ3) is 3.97. The van der Waals surface area contributed by atoms with Crippen molar-refractivity contribution in [3.8, 4) is 11.5 Å². The Hall–Kier alpha value is -3.79. The first-order valence-electron chi connectivity index (χ1n) is 9.45. The number of pyridine rings is 1. The van der Waals surface area contributed by atoms with E-state index in [9.17, 15) is 20.0 Å².